The van der Waals surface area contributed by atoms with E-state index in [0.717, 1.165) is 0 Å². The van der Waals surface area contributed by atoms with E-state index in [2.05, 4.69) is 0 Å². The van der Waals surface area contributed by atoms with Crippen molar-refractivity contribution < 1.29 is 14.0 Å². The number of rotatable bonds is 3. The van der Waals surface area contributed by atoms with Crippen molar-refractivity contribution in [1.29, 1.82) is 0 Å². The van der Waals surface area contributed by atoms with Crippen LogP contribution in [0.5, 0.6) is 0 Å². The fourth-order valence-corrected chi connectivity index (χ4v) is 0.879. The highest BCUT2D eigenvalue weighted by atomic mass is 16.5. The lowest BCUT2D eigenvalue weighted by atomic mass is 10.3. The van der Waals surface area contributed by atoms with Crippen LogP contribution in [0.25, 0.3) is 0 Å². The van der Waals surface area contributed by atoms with Gasteiger partial charge in [-0.05, 0) is 13.8 Å². The first kappa shape index (κ1) is 11.2. The molecule has 0 aliphatic carbocycles. The van der Waals surface area contributed by atoms with Gasteiger partial charge in [0.1, 0.15) is 6.20 Å². The Bertz CT molecular complexity index is 189. The molecule has 0 rings (SSSR count). The molecule has 0 saturated heterocycles. The molecule has 3 nitrogen and oxygen atoms in total. The molecule has 0 aromatic heterocycles. The number of ether oxygens (including phenoxy) is 1. The van der Waals surface area contributed by atoms with E-state index < -0.39 is 0 Å². The molecule has 0 radical (unpaired) electrons. The van der Waals surface area contributed by atoms with Crippen molar-refractivity contribution in [2.45, 2.75) is 13.8 Å². The van der Waals surface area contributed by atoms with E-state index >= 15 is 0 Å². The van der Waals surface area contributed by atoms with Gasteiger partial charge in [-0.1, -0.05) is 0 Å². The number of carbonyl (C=O) groups excluding carboxylic acids is 1. The van der Waals surface area contributed by atoms with Gasteiger partial charge in [-0.3, -0.25) is 0 Å². The molecule has 0 amide bonds. The third kappa shape index (κ3) is 4.91. The molecule has 3 heteroatoms. The normalized spacial score (nSPS) is 12.9. The van der Waals surface area contributed by atoms with Crippen LogP contribution >= 0.6 is 0 Å². The Morgan fingerprint density at radius 1 is 1.42 bits per heavy atom. The third-order valence-electron chi connectivity index (χ3n) is 1.18. The number of nitrogens with zero attached hydrogens (tertiary/aromatic N) is 1. The molecule has 0 aromatic carbocycles. The van der Waals surface area contributed by atoms with Crippen molar-refractivity contribution in [2.24, 2.45) is 0 Å². The lowest BCUT2D eigenvalue weighted by Gasteiger charge is -2.18. The van der Waals surface area contributed by atoms with E-state index in [1.165, 1.54) is 0 Å². The molecule has 0 heterocycles. The van der Waals surface area contributed by atoms with Gasteiger partial charge < -0.3 is 9.22 Å². The molecular formula is C9H18NO2+. The van der Waals surface area contributed by atoms with Gasteiger partial charge in [0.05, 0.1) is 33.3 Å². The van der Waals surface area contributed by atoms with Crippen molar-refractivity contribution in [3.05, 3.63) is 11.8 Å². The highest BCUT2D eigenvalue weighted by Crippen LogP contribution is 2.01. The zero-order valence-corrected chi connectivity index (χ0v) is 8.55. The van der Waals surface area contributed by atoms with Gasteiger partial charge in [-0.2, -0.15) is 0 Å². The minimum Gasteiger partial charge on any atom is -0.462 e. The second kappa shape index (κ2) is 4.26. The highest BCUT2D eigenvalue weighted by Gasteiger charge is 2.10. The molecule has 0 bridgehead atoms. The molecule has 0 N–H and O–H groups in total. The van der Waals surface area contributed by atoms with Crippen molar-refractivity contribution in [1.82, 2.24) is 0 Å². The van der Waals surface area contributed by atoms with Crippen LogP contribution in [0.4, 0.5) is 0 Å². The van der Waals surface area contributed by atoms with Gasteiger partial charge in [0.2, 0.25) is 0 Å². The first-order valence-electron chi connectivity index (χ1n) is 4.04. The van der Waals surface area contributed by atoms with Crippen LogP contribution in [-0.4, -0.2) is 38.2 Å². The van der Waals surface area contributed by atoms with E-state index in [9.17, 15) is 4.79 Å². The number of hydrogen-bond donors (Lipinski definition) is 0. The molecule has 70 valence electrons. The molecule has 0 aliphatic rings. The van der Waals surface area contributed by atoms with E-state index in [0.29, 0.717) is 16.7 Å². The standard InChI is InChI=1S/C9H18NO2/c1-6-12-9(11)8(2)7-10(3,4)5/h7H,6H2,1-5H3/q+1/b8-7+. The number of esters is 1. The second-order valence-corrected chi connectivity index (χ2v) is 3.65. The fourth-order valence-electron chi connectivity index (χ4n) is 0.879. The Morgan fingerprint density at radius 2 is 1.92 bits per heavy atom. The molecule has 0 spiro atoms. The Hall–Kier alpha value is -0.830. The van der Waals surface area contributed by atoms with E-state index in [1.807, 2.05) is 27.3 Å². The van der Waals surface area contributed by atoms with Gasteiger partial charge in [-0.15, -0.1) is 0 Å². The van der Waals surface area contributed by atoms with Crippen molar-refractivity contribution in [3.63, 3.8) is 0 Å². The Kier molecular flexibility index (Phi) is 3.96. The highest BCUT2D eigenvalue weighted by molar-refractivity contribution is 5.87. The van der Waals surface area contributed by atoms with Gasteiger partial charge >= 0.3 is 5.97 Å². The fraction of sp³-hybridized carbons (Fsp3) is 0.667. The summed E-state index contributed by atoms with van der Waals surface area (Å²) in [6.45, 7) is 4.00. The predicted molar refractivity (Wildman–Crippen MR) is 48.4 cm³/mol. The van der Waals surface area contributed by atoms with Gasteiger partial charge in [-0.25, -0.2) is 4.79 Å². The lowest BCUT2D eigenvalue weighted by molar-refractivity contribution is -0.817. The van der Waals surface area contributed by atoms with Crippen LogP contribution in [0.1, 0.15) is 13.8 Å². The number of quaternary nitrogens is 1. The van der Waals surface area contributed by atoms with Crippen LogP contribution < -0.4 is 0 Å². The predicted octanol–water partition coefficient (Wildman–Crippen LogP) is 1.16. The number of carbonyl (C=O) groups is 1. The maximum Gasteiger partial charge on any atom is 0.339 e. The van der Waals surface area contributed by atoms with Gasteiger partial charge in [0.25, 0.3) is 0 Å². The average molecular weight is 172 g/mol. The molecule has 0 aliphatic heterocycles. The maximum absolute atomic E-state index is 11.1. The first-order valence-corrected chi connectivity index (χ1v) is 4.04. The third-order valence-corrected chi connectivity index (χ3v) is 1.18. The topological polar surface area (TPSA) is 26.3 Å². The Balaban J connectivity index is 4.28. The van der Waals surface area contributed by atoms with Crippen LogP contribution in [0.15, 0.2) is 11.8 Å². The average Bonchev–Trinajstić information content (AvgIpc) is 1.84. The molecule has 0 unspecified atom stereocenters. The summed E-state index contributed by atoms with van der Waals surface area (Å²) >= 11 is 0. The van der Waals surface area contributed by atoms with Crippen LogP contribution in [0.2, 0.25) is 0 Å². The quantitative estimate of drug-likeness (QED) is 0.363. The van der Waals surface area contributed by atoms with E-state index in [-0.39, 0.29) is 5.97 Å². The van der Waals surface area contributed by atoms with Crippen LogP contribution in [0, 0.1) is 0 Å². The Morgan fingerprint density at radius 3 is 2.25 bits per heavy atom. The largest absolute Gasteiger partial charge is 0.462 e. The monoisotopic (exact) mass is 172 g/mol. The van der Waals surface area contributed by atoms with E-state index in [1.54, 1.807) is 13.8 Å². The summed E-state index contributed by atoms with van der Waals surface area (Å²) in [7, 11) is 5.97. The van der Waals surface area contributed by atoms with Crippen LogP contribution in [-0.2, 0) is 9.53 Å². The summed E-state index contributed by atoms with van der Waals surface area (Å²) in [5.41, 5.74) is 0.657. The van der Waals surface area contributed by atoms with E-state index in [4.69, 9.17) is 4.74 Å². The summed E-state index contributed by atoms with van der Waals surface area (Å²) in [5.74, 6) is -0.231. The summed E-state index contributed by atoms with van der Waals surface area (Å²) in [4.78, 5) is 11.1. The summed E-state index contributed by atoms with van der Waals surface area (Å²) in [6.07, 6.45) is 1.86. The van der Waals surface area contributed by atoms with Crippen LogP contribution in [0.3, 0.4) is 0 Å². The second-order valence-electron chi connectivity index (χ2n) is 3.65. The zero-order valence-electron chi connectivity index (χ0n) is 8.55. The lowest BCUT2D eigenvalue weighted by Crippen LogP contribution is -2.28. The number of hydrogen-bond acceptors (Lipinski definition) is 2. The Labute approximate surface area is 74.2 Å². The SMILES string of the molecule is CCOC(=O)/C(C)=C/[N+](C)(C)C. The van der Waals surface area contributed by atoms with Crippen molar-refractivity contribution in [2.75, 3.05) is 27.7 Å². The molecular weight excluding hydrogens is 154 g/mol. The maximum atomic E-state index is 11.1. The minimum absolute atomic E-state index is 0.231. The summed E-state index contributed by atoms with van der Waals surface area (Å²) in [6, 6.07) is 0. The minimum atomic E-state index is -0.231. The molecule has 0 atom stereocenters. The van der Waals surface area contributed by atoms with Gasteiger partial charge in [0, 0.05) is 0 Å². The summed E-state index contributed by atoms with van der Waals surface area (Å²) in [5, 5.41) is 0. The molecule has 0 aromatic rings. The molecule has 12 heavy (non-hydrogen) atoms. The van der Waals surface area contributed by atoms with Crippen molar-refractivity contribution in [3.8, 4) is 0 Å². The van der Waals surface area contributed by atoms with Gasteiger partial charge in [0.15, 0.2) is 0 Å². The summed E-state index contributed by atoms with van der Waals surface area (Å²) < 4.78 is 5.46. The first-order chi connectivity index (χ1) is 5.37. The molecule has 0 fully saturated rings. The van der Waals surface area contributed by atoms with Crippen molar-refractivity contribution >= 4 is 5.97 Å². The molecule has 0 saturated carbocycles. The smallest absolute Gasteiger partial charge is 0.339 e. The zero-order chi connectivity index (χ0) is 9.78.